The fourth-order valence-corrected chi connectivity index (χ4v) is 4.34. The summed E-state index contributed by atoms with van der Waals surface area (Å²) < 4.78 is 0. The molecule has 5 rings (SSSR count). The van der Waals surface area contributed by atoms with Crippen molar-refractivity contribution in [2.45, 2.75) is 0 Å². The zero-order valence-electron chi connectivity index (χ0n) is 16.2. The van der Waals surface area contributed by atoms with Crippen molar-refractivity contribution in [3.05, 3.63) is 116 Å². The molecule has 0 saturated carbocycles. The monoisotopic (exact) mass is 405 g/mol. The average molecular weight is 406 g/mol. The molecule has 0 spiro atoms. The molecule has 0 saturated heterocycles. The number of anilines is 3. The highest BCUT2D eigenvalue weighted by Crippen LogP contribution is 2.36. The molecular formula is C26H19N3S. The van der Waals surface area contributed by atoms with Gasteiger partial charge in [-0.3, -0.25) is 4.98 Å². The molecular weight excluding hydrogens is 386 g/mol. The molecule has 3 aromatic carbocycles. The van der Waals surface area contributed by atoms with Gasteiger partial charge in [-0.25, -0.2) is 4.98 Å². The number of thiazole rings is 1. The predicted molar refractivity (Wildman–Crippen MR) is 125 cm³/mol. The van der Waals surface area contributed by atoms with Crippen LogP contribution < -0.4 is 4.90 Å². The normalized spacial score (nSPS) is 10.7. The molecule has 0 aliphatic rings. The summed E-state index contributed by atoms with van der Waals surface area (Å²) in [6.45, 7) is 0. The Hall–Kier alpha value is -3.76. The van der Waals surface area contributed by atoms with Gasteiger partial charge >= 0.3 is 0 Å². The molecule has 144 valence electrons. The second-order valence-electron chi connectivity index (χ2n) is 6.82. The molecule has 4 heteroatoms. The molecule has 5 aromatic rings. The van der Waals surface area contributed by atoms with E-state index >= 15 is 0 Å². The van der Waals surface area contributed by atoms with E-state index < -0.39 is 0 Å². The van der Waals surface area contributed by atoms with Gasteiger partial charge in [-0.2, -0.15) is 0 Å². The molecule has 0 radical (unpaired) electrons. The van der Waals surface area contributed by atoms with Crippen LogP contribution in [0.15, 0.2) is 116 Å². The predicted octanol–water partition coefficient (Wildman–Crippen LogP) is 7.34. The van der Waals surface area contributed by atoms with Crippen LogP contribution in [0.4, 0.5) is 17.1 Å². The highest BCUT2D eigenvalue weighted by molar-refractivity contribution is 7.18. The SMILES string of the molecule is c1ccc(N(c2ccccc2)c2ccc(-c3ncc(-c4ccncc4)s3)cc2)cc1. The van der Waals surface area contributed by atoms with Crippen LogP contribution in [0.2, 0.25) is 0 Å². The summed E-state index contributed by atoms with van der Waals surface area (Å²) in [6, 6.07) is 33.5. The van der Waals surface area contributed by atoms with Gasteiger partial charge in [-0.05, 0) is 66.2 Å². The second kappa shape index (κ2) is 8.31. The van der Waals surface area contributed by atoms with Crippen LogP contribution in [-0.2, 0) is 0 Å². The van der Waals surface area contributed by atoms with Crippen LogP contribution in [0, 0.1) is 0 Å². The van der Waals surface area contributed by atoms with E-state index in [4.69, 9.17) is 0 Å². The van der Waals surface area contributed by atoms with E-state index in [1.807, 2.05) is 42.9 Å². The Kier molecular flexibility index (Phi) is 5.06. The van der Waals surface area contributed by atoms with Crippen LogP contribution in [0.3, 0.4) is 0 Å². The number of benzene rings is 3. The number of aromatic nitrogens is 2. The maximum absolute atomic E-state index is 4.64. The van der Waals surface area contributed by atoms with E-state index in [2.05, 4.69) is 87.7 Å². The van der Waals surface area contributed by atoms with E-state index in [-0.39, 0.29) is 0 Å². The summed E-state index contributed by atoms with van der Waals surface area (Å²) in [7, 11) is 0. The lowest BCUT2D eigenvalue weighted by atomic mass is 10.1. The molecule has 2 heterocycles. The first-order chi connectivity index (χ1) is 14.9. The maximum atomic E-state index is 4.64. The average Bonchev–Trinajstić information content (AvgIpc) is 3.32. The Morgan fingerprint density at radius 3 is 1.73 bits per heavy atom. The fourth-order valence-electron chi connectivity index (χ4n) is 3.41. The van der Waals surface area contributed by atoms with Crippen molar-refractivity contribution in [3.63, 3.8) is 0 Å². The number of rotatable bonds is 5. The molecule has 0 aliphatic carbocycles. The summed E-state index contributed by atoms with van der Waals surface area (Å²) in [5.41, 5.74) is 5.63. The largest absolute Gasteiger partial charge is 0.311 e. The topological polar surface area (TPSA) is 29.0 Å². The van der Waals surface area contributed by atoms with Crippen LogP contribution in [0.1, 0.15) is 0 Å². The minimum absolute atomic E-state index is 1.01. The molecule has 0 atom stereocenters. The Bertz CT molecular complexity index is 1180. The molecule has 0 N–H and O–H groups in total. The smallest absolute Gasteiger partial charge is 0.123 e. The third kappa shape index (κ3) is 3.73. The van der Waals surface area contributed by atoms with Crippen LogP contribution in [0.5, 0.6) is 0 Å². The molecule has 0 unspecified atom stereocenters. The van der Waals surface area contributed by atoms with Gasteiger partial charge in [0, 0.05) is 41.2 Å². The van der Waals surface area contributed by atoms with Gasteiger partial charge in [0.05, 0.1) is 4.88 Å². The van der Waals surface area contributed by atoms with E-state index in [0.717, 1.165) is 38.1 Å². The van der Waals surface area contributed by atoms with Crippen molar-refractivity contribution in [1.29, 1.82) is 0 Å². The Labute approximate surface area is 179 Å². The fraction of sp³-hybridized carbons (Fsp3) is 0. The molecule has 30 heavy (non-hydrogen) atoms. The van der Waals surface area contributed by atoms with Crippen LogP contribution in [0.25, 0.3) is 21.0 Å². The Morgan fingerprint density at radius 1 is 0.567 bits per heavy atom. The van der Waals surface area contributed by atoms with E-state index in [1.54, 1.807) is 11.3 Å². The third-order valence-electron chi connectivity index (χ3n) is 4.87. The first kappa shape index (κ1) is 18.3. The van der Waals surface area contributed by atoms with Crippen molar-refractivity contribution in [1.82, 2.24) is 9.97 Å². The summed E-state index contributed by atoms with van der Waals surface area (Å²) in [4.78, 5) is 12.1. The number of para-hydroxylation sites is 2. The summed E-state index contributed by atoms with van der Waals surface area (Å²) >= 11 is 1.69. The Balaban J connectivity index is 1.48. The van der Waals surface area contributed by atoms with Crippen LogP contribution in [-0.4, -0.2) is 9.97 Å². The number of pyridine rings is 1. The zero-order chi connectivity index (χ0) is 20.2. The molecule has 0 fully saturated rings. The maximum Gasteiger partial charge on any atom is 0.123 e. The van der Waals surface area contributed by atoms with Crippen molar-refractivity contribution in [2.75, 3.05) is 4.90 Å². The minimum atomic E-state index is 1.01. The second-order valence-corrected chi connectivity index (χ2v) is 7.85. The molecule has 2 aromatic heterocycles. The van der Waals surface area contributed by atoms with Gasteiger partial charge in [0.1, 0.15) is 5.01 Å². The zero-order valence-corrected chi connectivity index (χ0v) is 17.0. The van der Waals surface area contributed by atoms with Gasteiger partial charge in [0.25, 0.3) is 0 Å². The lowest BCUT2D eigenvalue weighted by Gasteiger charge is -2.25. The summed E-state index contributed by atoms with van der Waals surface area (Å²) in [5, 5.41) is 1.01. The lowest BCUT2D eigenvalue weighted by molar-refractivity contribution is 1.28. The third-order valence-corrected chi connectivity index (χ3v) is 5.97. The highest BCUT2D eigenvalue weighted by atomic mass is 32.1. The first-order valence-electron chi connectivity index (χ1n) is 9.75. The minimum Gasteiger partial charge on any atom is -0.311 e. The van der Waals surface area contributed by atoms with Crippen molar-refractivity contribution in [3.8, 4) is 21.0 Å². The van der Waals surface area contributed by atoms with Gasteiger partial charge in [0.2, 0.25) is 0 Å². The standard InChI is InChI=1S/C26H19N3S/c1-3-7-22(8-4-1)29(23-9-5-2-6-10-23)24-13-11-21(12-14-24)26-28-19-25(30-26)20-15-17-27-18-16-20/h1-19H. The van der Waals surface area contributed by atoms with Crippen LogP contribution >= 0.6 is 11.3 Å². The van der Waals surface area contributed by atoms with Gasteiger partial charge in [-0.15, -0.1) is 11.3 Å². The van der Waals surface area contributed by atoms with Crippen molar-refractivity contribution >= 4 is 28.4 Å². The summed E-state index contributed by atoms with van der Waals surface area (Å²) in [5.74, 6) is 0. The number of nitrogens with zero attached hydrogens (tertiary/aromatic N) is 3. The quantitative estimate of drug-likeness (QED) is 0.306. The number of hydrogen-bond donors (Lipinski definition) is 0. The molecule has 0 aliphatic heterocycles. The van der Waals surface area contributed by atoms with Crippen molar-refractivity contribution in [2.24, 2.45) is 0 Å². The van der Waals surface area contributed by atoms with Gasteiger partial charge in [0.15, 0.2) is 0 Å². The van der Waals surface area contributed by atoms with E-state index in [1.165, 1.54) is 0 Å². The lowest BCUT2D eigenvalue weighted by Crippen LogP contribution is -2.09. The molecule has 0 amide bonds. The number of hydrogen-bond acceptors (Lipinski definition) is 4. The summed E-state index contributed by atoms with van der Waals surface area (Å²) in [6.07, 6.45) is 5.56. The molecule has 0 bridgehead atoms. The highest BCUT2D eigenvalue weighted by Gasteiger charge is 2.13. The van der Waals surface area contributed by atoms with E-state index in [9.17, 15) is 0 Å². The van der Waals surface area contributed by atoms with Gasteiger partial charge in [-0.1, -0.05) is 36.4 Å². The van der Waals surface area contributed by atoms with E-state index in [0.29, 0.717) is 0 Å². The Morgan fingerprint density at radius 2 is 1.13 bits per heavy atom. The molecule has 3 nitrogen and oxygen atoms in total. The first-order valence-corrected chi connectivity index (χ1v) is 10.6. The van der Waals surface area contributed by atoms with Gasteiger partial charge < -0.3 is 4.90 Å². The van der Waals surface area contributed by atoms with Crippen molar-refractivity contribution < 1.29 is 0 Å².